The van der Waals surface area contributed by atoms with Gasteiger partial charge in [0.1, 0.15) is 5.75 Å². The van der Waals surface area contributed by atoms with Crippen LogP contribution in [-0.2, 0) is 6.42 Å². The Labute approximate surface area is 193 Å². The van der Waals surface area contributed by atoms with Crippen molar-refractivity contribution in [1.82, 2.24) is 15.1 Å². The van der Waals surface area contributed by atoms with E-state index in [-0.39, 0.29) is 23.6 Å². The van der Waals surface area contributed by atoms with Gasteiger partial charge in [-0.2, -0.15) is 9.78 Å². The van der Waals surface area contributed by atoms with E-state index in [1.165, 1.54) is 10.7 Å². The molecule has 0 spiro atoms. The largest absolute Gasteiger partial charge is 0.507 e. The molecule has 0 aliphatic heterocycles. The van der Waals surface area contributed by atoms with Crippen molar-refractivity contribution in [3.8, 4) is 17.0 Å². The van der Waals surface area contributed by atoms with Crippen LogP contribution in [0.2, 0.25) is 0 Å². The van der Waals surface area contributed by atoms with E-state index in [0.29, 0.717) is 29.1 Å². The zero-order valence-electron chi connectivity index (χ0n) is 19.1. The molecule has 7 nitrogen and oxygen atoms in total. The smallest absolute Gasteiger partial charge is 0.342 e. The van der Waals surface area contributed by atoms with Gasteiger partial charge in [-0.25, -0.2) is 4.79 Å². The molecule has 3 N–H and O–H groups in total. The van der Waals surface area contributed by atoms with Crippen molar-refractivity contribution < 1.29 is 14.7 Å². The maximum absolute atomic E-state index is 12.6. The number of amides is 2. The standard InChI is InChI=1S/C26H30N4O3/c1-3-17-9-11-19(12-10-17)25(32)28-20-13-14-21(24(31)15-20)22-16-23(18-7-5-6-8-18)30(29-22)26(33)27-4-2/h9-16,18,31H,3-8H2,1-2H3,(H,27,33)(H,28,32). The molecule has 33 heavy (non-hydrogen) atoms. The molecule has 1 aliphatic carbocycles. The van der Waals surface area contributed by atoms with E-state index in [1.54, 1.807) is 24.3 Å². The van der Waals surface area contributed by atoms with Gasteiger partial charge in [0.2, 0.25) is 0 Å². The third-order valence-corrected chi connectivity index (χ3v) is 6.19. The van der Waals surface area contributed by atoms with Gasteiger partial charge in [0.05, 0.1) is 11.4 Å². The van der Waals surface area contributed by atoms with Gasteiger partial charge in [0.25, 0.3) is 5.91 Å². The molecule has 2 amide bonds. The van der Waals surface area contributed by atoms with Gasteiger partial charge in [-0.3, -0.25) is 4.79 Å². The van der Waals surface area contributed by atoms with Gasteiger partial charge < -0.3 is 15.7 Å². The fourth-order valence-corrected chi connectivity index (χ4v) is 4.35. The van der Waals surface area contributed by atoms with Crippen molar-refractivity contribution >= 4 is 17.6 Å². The molecule has 3 aromatic rings. The lowest BCUT2D eigenvalue weighted by Crippen LogP contribution is -2.30. The number of anilines is 1. The molecule has 1 fully saturated rings. The molecular formula is C26H30N4O3. The highest BCUT2D eigenvalue weighted by Gasteiger charge is 2.25. The van der Waals surface area contributed by atoms with E-state index in [1.807, 2.05) is 25.1 Å². The molecule has 172 valence electrons. The first-order chi connectivity index (χ1) is 16.0. The summed E-state index contributed by atoms with van der Waals surface area (Å²) < 4.78 is 1.43. The van der Waals surface area contributed by atoms with Gasteiger partial charge >= 0.3 is 6.03 Å². The molecule has 0 bridgehead atoms. The minimum atomic E-state index is -0.261. The second-order valence-corrected chi connectivity index (χ2v) is 8.42. The molecule has 0 unspecified atom stereocenters. The van der Waals surface area contributed by atoms with Gasteiger partial charge in [0, 0.05) is 35.3 Å². The van der Waals surface area contributed by atoms with Crippen LogP contribution in [0, 0.1) is 0 Å². The first-order valence-electron chi connectivity index (χ1n) is 11.6. The Morgan fingerprint density at radius 1 is 1.06 bits per heavy atom. The third kappa shape index (κ3) is 4.92. The molecule has 1 aliphatic rings. The van der Waals surface area contributed by atoms with Crippen LogP contribution >= 0.6 is 0 Å². The Balaban J connectivity index is 1.57. The summed E-state index contributed by atoms with van der Waals surface area (Å²) in [5, 5.41) is 20.9. The predicted molar refractivity (Wildman–Crippen MR) is 129 cm³/mol. The van der Waals surface area contributed by atoms with E-state index < -0.39 is 0 Å². The van der Waals surface area contributed by atoms with Crippen molar-refractivity contribution in [1.29, 1.82) is 0 Å². The van der Waals surface area contributed by atoms with Gasteiger partial charge in [-0.05, 0) is 62.1 Å². The zero-order chi connectivity index (χ0) is 23.4. The maximum atomic E-state index is 12.6. The number of phenolic OH excluding ortho intramolecular Hbond substituents is 1. The number of aromatic nitrogens is 2. The summed E-state index contributed by atoms with van der Waals surface area (Å²) >= 11 is 0. The Kier molecular flexibility index (Phi) is 6.77. The highest BCUT2D eigenvalue weighted by molar-refractivity contribution is 6.04. The number of nitrogens with one attached hydrogen (secondary N) is 2. The summed E-state index contributed by atoms with van der Waals surface area (Å²) in [5.74, 6) is 0.0372. The van der Waals surface area contributed by atoms with Crippen molar-refractivity contribution in [3.63, 3.8) is 0 Å². The number of hydrogen-bond acceptors (Lipinski definition) is 4. The molecule has 0 saturated heterocycles. The maximum Gasteiger partial charge on any atom is 0.342 e. The summed E-state index contributed by atoms with van der Waals surface area (Å²) in [5.41, 5.74) is 4.13. The number of nitrogens with zero attached hydrogens (tertiary/aromatic N) is 2. The normalized spacial score (nSPS) is 13.8. The highest BCUT2D eigenvalue weighted by Crippen LogP contribution is 2.38. The zero-order valence-corrected chi connectivity index (χ0v) is 19.1. The highest BCUT2D eigenvalue weighted by atomic mass is 16.3. The van der Waals surface area contributed by atoms with E-state index in [0.717, 1.165) is 43.4 Å². The van der Waals surface area contributed by atoms with Crippen LogP contribution in [0.1, 0.15) is 67.1 Å². The van der Waals surface area contributed by atoms with Crippen molar-refractivity contribution in [3.05, 3.63) is 65.4 Å². The number of aromatic hydroxyl groups is 1. The molecule has 2 aromatic carbocycles. The molecule has 1 aromatic heterocycles. The Morgan fingerprint density at radius 3 is 2.42 bits per heavy atom. The van der Waals surface area contributed by atoms with E-state index >= 15 is 0 Å². The molecule has 0 atom stereocenters. The van der Waals surface area contributed by atoms with Crippen molar-refractivity contribution in [2.75, 3.05) is 11.9 Å². The summed E-state index contributed by atoms with van der Waals surface area (Å²) in [6.07, 6.45) is 5.25. The predicted octanol–water partition coefficient (Wildman–Crippen LogP) is 5.31. The number of rotatable bonds is 6. The average Bonchev–Trinajstić information content (AvgIpc) is 3.49. The second kappa shape index (κ2) is 9.90. The second-order valence-electron chi connectivity index (χ2n) is 8.42. The van der Waals surface area contributed by atoms with Crippen LogP contribution in [0.15, 0.2) is 48.5 Å². The lowest BCUT2D eigenvalue weighted by molar-refractivity contribution is 0.102. The first-order valence-corrected chi connectivity index (χ1v) is 11.6. The molecule has 1 saturated carbocycles. The van der Waals surface area contributed by atoms with E-state index in [9.17, 15) is 14.7 Å². The summed E-state index contributed by atoms with van der Waals surface area (Å²) in [6, 6.07) is 14.0. The molecular weight excluding hydrogens is 416 g/mol. The number of carbonyl (C=O) groups is 2. The summed E-state index contributed by atoms with van der Waals surface area (Å²) in [6.45, 7) is 4.45. The number of carbonyl (C=O) groups excluding carboxylic acids is 2. The number of phenols is 1. The monoisotopic (exact) mass is 446 g/mol. The molecule has 4 rings (SSSR count). The number of benzene rings is 2. The fourth-order valence-electron chi connectivity index (χ4n) is 4.35. The fraction of sp³-hybridized carbons (Fsp3) is 0.346. The molecule has 7 heteroatoms. The quantitative estimate of drug-likeness (QED) is 0.478. The van der Waals surface area contributed by atoms with Crippen LogP contribution in [0.4, 0.5) is 10.5 Å². The van der Waals surface area contributed by atoms with E-state index in [4.69, 9.17) is 0 Å². The molecule has 0 radical (unpaired) electrons. The lowest BCUT2D eigenvalue weighted by Gasteiger charge is -2.11. The van der Waals surface area contributed by atoms with Crippen LogP contribution in [0.3, 0.4) is 0 Å². The van der Waals surface area contributed by atoms with Crippen molar-refractivity contribution in [2.24, 2.45) is 0 Å². The van der Waals surface area contributed by atoms with Crippen LogP contribution in [0.5, 0.6) is 5.75 Å². The summed E-state index contributed by atoms with van der Waals surface area (Å²) in [4.78, 5) is 25.1. The first kappa shape index (κ1) is 22.6. The van der Waals surface area contributed by atoms with E-state index in [2.05, 4.69) is 22.7 Å². The number of hydrogen-bond donors (Lipinski definition) is 3. The third-order valence-electron chi connectivity index (χ3n) is 6.19. The van der Waals surface area contributed by atoms with Gasteiger partial charge in [0.15, 0.2) is 0 Å². The number of aryl methyl sites for hydroxylation is 1. The van der Waals surface area contributed by atoms with Crippen LogP contribution in [-0.4, -0.2) is 33.4 Å². The topological polar surface area (TPSA) is 96.3 Å². The van der Waals surface area contributed by atoms with Gasteiger partial charge in [-0.15, -0.1) is 0 Å². The SMILES string of the molecule is CCNC(=O)n1nc(-c2ccc(NC(=O)c3ccc(CC)cc3)cc2O)cc1C1CCCC1. The Bertz CT molecular complexity index is 1140. The Hall–Kier alpha value is -3.61. The molecule has 1 heterocycles. The van der Waals surface area contributed by atoms with Crippen LogP contribution in [0.25, 0.3) is 11.3 Å². The van der Waals surface area contributed by atoms with Crippen LogP contribution < -0.4 is 10.6 Å². The van der Waals surface area contributed by atoms with Crippen molar-refractivity contribution in [2.45, 2.75) is 51.9 Å². The lowest BCUT2D eigenvalue weighted by atomic mass is 10.0. The van der Waals surface area contributed by atoms with Gasteiger partial charge in [-0.1, -0.05) is 31.9 Å². The minimum absolute atomic E-state index is 0.00680. The average molecular weight is 447 g/mol. The Morgan fingerprint density at radius 2 is 1.79 bits per heavy atom. The summed E-state index contributed by atoms with van der Waals surface area (Å²) in [7, 11) is 0. The minimum Gasteiger partial charge on any atom is -0.507 e.